The van der Waals surface area contributed by atoms with Crippen molar-refractivity contribution < 1.29 is 0 Å². The van der Waals surface area contributed by atoms with E-state index in [9.17, 15) is 0 Å². The third-order valence-corrected chi connectivity index (χ3v) is 26.4. The van der Waals surface area contributed by atoms with Crippen molar-refractivity contribution in [1.29, 1.82) is 0 Å². The number of benzene rings is 11. The second kappa shape index (κ2) is 29.9. The van der Waals surface area contributed by atoms with Crippen LogP contribution in [0.1, 0.15) is 342 Å². The van der Waals surface area contributed by atoms with Gasteiger partial charge in [-0.25, -0.2) is 0 Å². The minimum absolute atomic E-state index is 0.0718. The van der Waals surface area contributed by atoms with Gasteiger partial charge >= 0.3 is 0 Å². The van der Waals surface area contributed by atoms with Gasteiger partial charge in [0.2, 0.25) is 0 Å². The second-order valence-corrected chi connectivity index (χ2v) is 49.9. The molecule has 121 heavy (non-hydrogen) atoms. The van der Waals surface area contributed by atoms with Gasteiger partial charge in [-0.1, -0.05) is 416 Å². The van der Waals surface area contributed by atoms with Gasteiger partial charge in [-0.05, 0) is 252 Å². The van der Waals surface area contributed by atoms with Gasteiger partial charge in [0.25, 0.3) is 6.71 Å². The van der Waals surface area contributed by atoms with Crippen molar-refractivity contribution >= 4 is 57.2 Å². The van der Waals surface area contributed by atoms with Crippen LogP contribution < -0.4 is 26.2 Å². The Bertz CT molecular complexity index is 5730. The topological polar surface area (TPSA) is 6.48 Å². The lowest BCUT2D eigenvalue weighted by atomic mass is 9.33. The molecule has 0 spiro atoms. The highest BCUT2D eigenvalue weighted by atomic mass is 15.2. The van der Waals surface area contributed by atoms with E-state index in [2.05, 4.69) is 474 Å². The smallest absolute Gasteiger partial charge is 0.252 e. The van der Waals surface area contributed by atoms with Crippen molar-refractivity contribution in [2.24, 2.45) is 0 Å². The number of hydrogen-bond acceptors (Lipinski definition) is 2. The molecule has 0 atom stereocenters. The molecule has 11 aromatic rings. The fourth-order valence-electron chi connectivity index (χ4n) is 18.3. The van der Waals surface area contributed by atoms with Crippen LogP contribution in [0.2, 0.25) is 0 Å². The number of fused-ring (bicyclic) bond motifs is 4. The van der Waals surface area contributed by atoms with E-state index in [0.29, 0.717) is 0 Å². The summed E-state index contributed by atoms with van der Waals surface area (Å²) in [5.41, 5.74) is 40.4. The molecule has 0 saturated carbocycles. The minimum Gasteiger partial charge on any atom is -0.310 e. The average molecular weight is 1610 g/mol. The molecule has 0 radical (unpaired) electrons. The molecule has 11 aromatic carbocycles. The average Bonchev–Trinajstić information content (AvgIpc) is 0.682. The van der Waals surface area contributed by atoms with Crippen molar-refractivity contribution in [3.8, 4) is 66.8 Å². The van der Waals surface area contributed by atoms with E-state index in [-0.39, 0.29) is 77.1 Å². The zero-order chi connectivity index (χ0) is 89.5. The molecule has 0 unspecified atom stereocenters. The third kappa shape index (κ3) is 17.6. The van der Waals surface area contributed by atoms with Gasteiger partial charge in [-0.3, -0.25) is 0 Å². The third-order valence-electron chi connectivity index (χ3n) is 26.4. The predicted octanol–water partition coefficient (Wildman–Crippen LogP) is 32.6. The Morgan fingerprint density at radius 1 is 0.182 bits per heavy atom. The first-order chi connectivity index (χ1) is 55.2. The first-order valence-electron chi connectivity index (χ1n) is 45.5. The van der Waals surface area contributed by atoms with E-state index in [4.69, 9.17) is 0 Å². The van der Waals surface area contributed by atoms with Crippen LogP contribution in [0.5, 0.6) is 0 Å². The highest BCUT2D eigenvalue weighted by Crippen LogP contribution is 2.59. The Hall–Kier alpha value is -8.92. The van der Waals surface area contributed by atoms with E-state index >= 15 is 0 Å². The fraction of sp³-hybridized carbons (Fsp3) is 0.441. The second-order valence-electron chi connectivity index (χ2n) is 49.9. The van der Waals surface area contributed by atoms with Crippen LogP contribution in [0.4, 0.5) is 34.1 Å². The van der Waals surface area contributed by atoms with Crippen LogP contribution in [0, 0.1) is 0 Å². The molecule has 0 fully saturated rings. The van der Waals surface area contributed by atoms with Crippen LogP contribution >= 0.6 is 0 Å². The summed E-state index contributed by atoms with van der Waals surface area (Å²) in [6, 6.07) is 80.7. The van der Waals surface area contributed by atoms with Crippen molar-refractivity contribution in [3.63, 3.8) is 0 Å². The maximum Gasteiger partial charge on any atom is 0.252 e. The molecule has 0 bridgehead atoms. The van der Waals surface area contributed by atoms with Crippen LogP contribution in [0.3, 0.4) is 0 Å². The first kappa shape index (κ1) is 89.8. The summed E-state index contributed by atoms with van der Waals surface area (Å²) in [5, 5.41) is 0. The fourth-order valence-corrected chi connectivity index (χ4v) is 18.3. The molecule has 13 rings (SSSR count). The van der Waals surface area contributed by atoms with Crippen molar-refractivity contribution in [3.05, 3.63) is 266 Å². The molecular formula is C118H149BN2. The standard InChI is InChI=1S/C118H149BN2/c1-106(2,3)78-49-43-72(44-50-78)89-65-85(113(22,23)24)67-91(88-54-53-80(108(7,8)9)69-95(88)118(37,38)39)104(89)120-98-61-74(76-57-81(109(10,11)12)63-82(58-76)110(13,14)15)47-55-96(98)119-97-56-48-75(77-59-83(111(16,17)18)64-84(60-77)112(19,20)21)62-99(97)121(101-71-87(115(28,29)30)70-100(120)103(101)119)105-90(73-45-51-79(52-46-73)107(4,5)6)66-86(114(25,26)27)68-92(105)102-93(116(31,32)33)41-40-42-94(102)117(34,35)36/h40-71H,1-39H3. The molecule has 2 aliphatic heterocycles. The summed E-state index contributed by atoms with van der Waals surface area (Å²) in [6.45, 7) is 93.4. The Morgan fingerprint density at radius 3 is 0.785 bits per heavy atom. The molecule has 2 heterocycles. The summed E-state index contributed by atoms with van der Waals surface area (Å²) < 4.78 is 0. The Morgan fingerprint density at radius 2 is 0.463 bits per heavy atom. The number of anilines is 6. The van der Waals surface area contributed by atoms with Crippen molar-refractivity contribution in [1.82, 2.24) is 0 Å². The SMILES string of the molecule is CC(C)(C)c1ccc(-c2cc(C(C)(C)C)cc(-c3ccc(C(C)(C)C)cc3C(C)(C)C)c2N2c3cc(-c4cc(C(C)(C)C)cc(C(C)(C)C)c4)ccc3B3c4ccc(-c5cc(C(C)(C)C)cc(C(C)(C)C)c5)cc4N(c4c(-c5ccc(C(C)(C)C)cc5)cc(C(C)(C)C)cc4-c4c(C(C)(C)C)cccc4C(C)(C)C)c4cc(C(C)(C)C)cc2c43)cc1. The lowest BCUT2D eigenvalue weighted by Crippen LogP contribution is -2.61. The maximum absolute atomic E-state index is 2.87. The van der Waals surface area contributed by atoms with E-state index in [1.807, 2.05) is 0 Å². The van der Waals surface area contributed by atoms with Gasteiger partial charge in [0, 0.05) is 45.0 Å². The first-order valence-corrected chi connectivity index (χ1v) is 45.5. The molecular weight excluding hydrogens is 1460 g/mol. The Balaban J connectivity index is 1.34. The number of rotatable bonds is 8. The van der Waals surface area contributed by atoms with Crippen LogP contribution in [0.25, 0.3) is 66.8 Å². The normalized spacial score (nSPS) is 14.2. The molecule has 3 heteroatoms. The molecule has 0 aromatic heterocycles. The van der Waals surface area contributed by atoms with Gasteiger partial charge in [0.05, 0.1) is 11.4 Å². The van der Waals surface area contributed by atoms with Crippen LogP contribution in [0.15, 0.2) is 194 Å². The van der Waals surface area contributed by atoms with Crippen LogP contribution in [-0.2, 0) is 70.4 Å². The van der Waals surface area contributed by atoms with Gasteiger partial charge in [0.15, 0.2) is 0 Å². The summed E-state index contributed by atoms with van der Waals surface area (Å²) in [4.78, 5) is 5.72. The summed E-state index contributed by atoms with van der Waals surface area (Å²) in [7, 11) is 0. The lowest BCUT2D eigenvalue weighted by Gasteiger charge is -2.47. The van der Waals surface area contributed by atoms with Gasteiger partial charge in [-0.15, -0.1) is 0 Å². The molecule has 0 amide bonds. The summed E-state index contributed by atoms with van der Waals surface area (Å²) in [5.74, 6) is 0. The highest BCUT2D eigenvalue weighted by molar-refractivity contribution is 7.00. The molecule has 2 nitrogen and oxygen atoms in total. The highest BCUT2D eigenvalue weighted by Gasteiger charge is 2.48. The van der Waals surface area contributed by atoms with Gasteiger partial charge < -0.3 is 9.80 Å². The molecule has 2 aliphatic rings. The van der Waals surface area contributed by atoms with Crippen molar-refractivity contribution in [2.45, 2.75) is 340 Å². The molecule has 634 valence electrons. The zero-order valence-corrected chi connectivity index (χ0v) is 82.4. The summed E-state index contributed by atoms with van der Waals surface area (Å²) >= 11 is 0. The largest absolute Gasteiger partial charge is 0.310 e. The van der Waals surface area contributed by atoms with Gasteiger partial charge in [0.1, 0.15) is 0 Å². The molecule has 0 saturated heterocycles. The van der Waals surface area contributed by atoms with E-state index in [0.717, 1.165) is 0 Å². The quantitative estimate of drug-likeness (QED) is 0.140. The number of hydrogen-bond donors (Lipinski definition) is 0. The monoisotopic (exact) mass is 1610 g/mol. The summed E-state index contributed by atoms with van der Waals surface area (Å²) in [6.07, 6.45) is 0. The Kier molecular flexibility index (Phi) is 22.2. The van der Waals surface area contributed by atoms with E-state index < -0.39 is 0 Å². The van der Waals surface area contributed by atoms with Gasteiger partial charge in [-0.2, -0.15) is 0 Å². The van der Waals surface area contributed by atoms with Crippen LogP contribution in [-0.4, -0.2) is 6.71 Å². The van der Waals surface area contributed by atoms with E-state index in [1.165, 1.54) is 190 Å². The lowest BCUT2D eigenvalue weighted by molar-refractivity contribution is 0.568. The van der Waals surface area contributed by atoms with Crippen molar-refractivity contribution in [2.75, 3.05) is 9.80 Å². The zero-order valence-electron chi connectivity index (χ0n) is 82.4. The minimum atomic E-state index is -0.369. The molecule has 0 N–H and O–H groups in total. The maximum atomic E-state index is 2.87. The predicted molar refractivity (Wildman–Crippen MR) is 536 cm³/mol. The molecule has 0 aliphatic carbocycles. The number of nitrogens with zero attached hydrogens (tertiary/aromatic N) is 2. The van der Waals surface area contributed by atoms with E-state index in [1.54, 1.807) is 0 Å². The Labute approximate surface area is 735 Å².